The lowest BCUT2D eigenvalue weighted by Gasteiger charge is -2.21. The summed E-state index contributed by atoms with van der Waals surface area (Å²) in [5, 5.41) is 2.85. The molecule has 1 amide bonds. The Bertz CT molecular complexity index is 413. The van der Waals surface area contributed by atoms with Crippen LogP contribution in [0.3, 0.4) is 0 Å². The zero-order chi connectivity index (χ0) is 11.5. The fourth-order valence-electron chi connectivity index (χ4n) is 2.36. The molecule has 1 aliphatic carbocycles. The van der Waals surface area contributed by atoms with Crippen molar-refractivity contribution >= 4 is 11.6 Å². The number of nitrogens with two attached hydrogens (primary N) is 1. The first-order valence-electron chi connectivity index (χ1n) is 5.82. The highest BCUT2D eigenvalue weighted by Gasteiger charge is 2.15. The summed E-state index contributed by atoms with van der Waals surface area (Å²) in [4.78, 5) is 10.9. The third-order valence-corrected chi connectivity index (χ3v) is 3.20. The summed E-state index contributed by atoms with van der Waals surface area (Å²) in [6.45, 7) is 2.17. The molecule has 0 spiro atoms. The largest absolute Gasteiger partial charge is 0.398 e. The van der Waals surface area contributed by atoms with Crippen LogP contribution in [0.25, 0.3) is 0 Å². The maximum Gasteiger partial charge on any atom is 0.217 e. The molecule has 0 radical (unpaired) electrons. The van der Waals surface area contributed by atoms with E-state index in [1.807, 2.05) is 12.1 Å². The van der Waals surface area contributed by atoms with Gasteiger partial charge >= 0.3 is 0 Å². The average molecular weight is 218 g/mol. The van der Waals surface area contributed by atoms with E-state index in [2.05, 4.69) is 5.32 Å². The number of nitrogen functional groups attached to an aromatic ring is 1. The Kier molecular flexibility index (Phi) is 3.13. The van der Waals surface area contributed by atoms with Crippen LogP contribution in [-0.4, -0.2) is 5.91 Å². The molecule has 16 heavy (non-hydrogen) atoms. The SMILES string of the molecule is CC(=O)NCc1ccc(N)c2c1CCCC2. The zero-order valence-electron chi connectivity index (χ0n) is 9.68. The van der Waals surface area contributed by atoms with Gasteiger partial charge in [0.15, 0.2) is 0 Å². The number of amides is 1. The Morgan fingerprint density at radius 3 is 2.69 bits per heavy atom. The summed E-state index contributed by atoms with van der Waals surface area (Å²) >= 11 is 0. The number of hydrogen-bond acceptors (Lipinski definition) is 2. The van der Waals surface area contributed by atoms with Gasteiger partial charge in [-0.05, 0) is 48.4 Å². The third kappa shape index (κ3) is 2.18. The normalized spacial score (nSPS) is 14.3. The van der Waals surface area contributed by atoms with E-state index in [-0.39, 0.29) is 5.91 Å². The minimum absolute atomic E-state index is 0.0152. The van der Waals surface area contributed by atoms with Gasteiger partial charge in [0.2, 0.25) is 5.91 Å². The van der Waals surface area contributed by atoms with Gasteiger partial charge in [0.05, 0.1) is 0 Å². The molecule has 0 unspecified atom stereocenters. The summed E-state index contributed by atoms with van der Waals surface area (Å²) in [6, 6.07) is 4.00. The number of carbonyl (C=O) groups excluding carboxylic acids is 1. The van der Waals surface area contributed by atoms with Gasteiger partial charge in [-0.2, -0.15) is 0 Å². The van der Waals surface area contributed by atoms with Crippen molar-refractivity contribution in [3.05, 3.63) is 28.8 Å². The van der Waals surface area contributed by atoms with Crippen LogP contribution in [0.4, 0.5) is 5.69 Å². The highest BCUT2D eigenvalue weighted by atomic mass is 16.1. The Morgan fingerprint density at radius 1 is 1.31 bits per heavy atom. The van der Waals surface area contributed by atoms with Crippen molar-refractivity contribution in [3.8, 4) is 0 Å². The molecule has 1 aromatic carbocycles. The van der Waals surface area contributed by atoms with Crippen molar-refractivity contribution < 1.29 is 4.79 Å². The molecule has 3 heteroatoms. The molecule has 0 saturated heterocycles. The number of nitrogens with one attached hydrogen (secondary N) is 1. The van der Waals surface area contributed by atoms with Crippen LogP contribution in [0.5, 0.6) is 0 Å². The van der Waals surface area contributed by atoms with E-state index in [1.165, 1.54) is 29.5 Å². The number of fused-ring (bicyclic) bond motifs is 1. The molecule has 2 rings (SSSR count). The van der Waals surface area contributed by atoms with Gasteiger partial charge in [-0.25, -0.2) is 0 Å². The molecule has 0 fully saturated rings. The lowest BCUT2D eigenvalue weighted by atomic mass is 9.87. The highest BCUT2D eigenvalue weighted by molar-refractivity contribution is 5.73. The molecule has 1 aliphatic rings. The maximum atomic E-state index is 10.9. The molecule has 3 N–H and O–H groups in total. The molecule has 1 aromatic rings. The smallest absolute Gasteiger partial charge is 0.217 e. The molecule has 0 heterocycles. The number of hydrogen-bond donors (Lipinski definition) is 2. The molecular weight excluding hydrogens is 200 g/mol. The molecule has 0 aliphatic heterocycles. The first kappa shape index (κ1) is 11.0. The maximum absolute atomic E-state index is 10.9. The van der Waals surface area contributed by atoms with E-state index in [4.69, 9.17) is 5.73 Å². The van der Waals surface area contributed by atoms with E-state index in [0.29, 0.717) is 6.54 Å². The second-order valence-electron chi connectivity index (χ2n) is 4.39. The van der Waals surface area contributed by atoms with Crippen molar-refractivity contribution in [1.29, 1.82) is 0 Å². The van der Waals surface area contributed by atoms with Crippen LogP contribution in [0.2, 0.25) is 0 Å². The van der Waals surface area contributed by atoms with Gasteiger partial charge in [0.1, 0.15) is 0 Å². The Labute approximate surface area is 96.0 Å². The van der Waals surface area contributed by atoms with Gasteiger partial charge in [0, 0.05) is 19.2 Å². The highest BCUT2D eigenvalue weighted by Crippen LogP contribution is 2.29. The van der Waals surface area contributed by atoms with Gasteiger partial charge < -0.3 is 11.1 Å². The zero-order valence-corrected chi connectivity index (χ0v) is 9.68. The number of anilines is 1. The van der Waals surface area contributed by atoms with Gasteiger partial charge in [0.25, 0.3) is 0 Å². The summed E-state index contributed by atoms with van der Waals surface area (Å²) in [6.07, 6.45) is 4.62. The monoisotopic (exact) mass is 218 g/mol. The standard InChI is InChI=1S/C13H18N2O/c1-9(16)15-8-10-6-7-13(14)12-5-3-2-4-11(10)12/h6-7H,2-5,8,14H2,1H3,(H,15,16). The fourth-order valence-corrected chi connectivity index (χ4v) is 2.36. The Morgan fingerprint density at radius 2 is 2.00 bits per heavy atom. The molecular formula is C13H18N2O. The molecule has 0 aromatic heterocycles. The van der Waals surface area contributed by atoms with Crippen molar-refractivity contribution in [1.82, 2.24) is 5.32 Å². The van der Waals surface area contributed by atoms with Gasteiger partial charge in [-0.15, -0.1) is 0 Å². The minimum Gasteiger partial charge on any atom is -0.398 e. The Balaban J connectivity index is 2.28. The summed E-state index contributed by atoms with van der Waals surface area (Å²) in [5.74, 6) is 0.0152. The first-order chi connectivity index (χ1) is 7.68. The molecule has 0 saturated carbocycles. The lowest BCUT2D eigenvalue weighted by Crippen LogP contribution is -2.21. The van der Waals surface area contributed by atoms with Crippen LogP contribution < -0.4 is 11.1 Å². The summed E-state index contributed by atoms with van der Waals surface area (Å²) < 4.78 is 0. The molecule has 86 valence electrons. The fraction of sp³-hybridized carbons (Fsp3) is 0.462. The first-order valence-corrected chi connectivity index (χ1v) is 5.82. The summed E-state index contributed by atoms with van der Waals surface area (Å²) in [7, 11) is 0. The number of carbonyl (C=O) groups is 1. The van der Waals surface area contributed by atoms with Crippen molar-refractivity contribution in [3.63, 3.8) is 0 Å². The van der Waals surface area contributed by atoms with Gasteiger partial charge in [-0.1, -0.05) is 6.07 Å². The predicted molar refractivity (Wildman–Crippen MR) is 65.0 cm³/mol. The van der Waals surface area contributed by atoms with E-state index in [9.17, 15) is 4.79 Å². The van der Waals surface area contributed by atoms with E-state index >= 15 is 0 Å². The summed E-state index contributed by atoms with van der Waals surface area (Å²) in [5.41, 5.74) is 10.8. The van der Waals surface area contributed by atoms with Crippen LogP contribution in [0.15, 0.2) is 12.1 Å². The lowest BCUT2D eigenvalue weighted by molar-refractivity contribution is -0.119. The second kappa shape index (κ2) is 4.56. The van der Waals surface area contributed by atoms with Crippen LogP contribution >= 0.6 is 0 Å². The van der Waals surface area contributed by atoms with Crippen LogP contribution in [0, 0.1) is 0 Å². The van der Waals surface area contributed by atoms with Crippen LogP contribution in [0.1, 0.15) is 36.5 Å². The number of benzene rings is 1. The van der Waals surface area contributed by atoms with E-state index in [1.54, 1.807) is 6.92 Å². The number of rotatable bonds is 2. The second-order valence-corrected chi connectivity index (χ2v) is 4.39. The van der Waals surface area contributed by atoms with E-state index < -0.39 is 0 Å². The minimum atomic E-state index is 0.0152. The topological polar surface area (TPSA) is 55.1 Å². The average Bonchev–Trinajstić information content (AvgIpc) is 2.28. The predicted octanol–water partition coefficient (Wildman–Crippen LogP) is 1.78. The van der Waals surface area contributed by atoms with E-state index in [0.717, 1.165) is 18.5 Å². The van der Waals surface area contributed by atoms with Crippen molar-refractivity contribution in [2.24, 2.45) is 0 Å². The third-order valence-electron chi connectivity index (χ3n) is 3.20. The quantitative estimate of drug-likeness (QED) is 0.743. The van der Waals surface area contributed by atoms with Crippen molar-refractivity contribution in [2.75, 3.05) is 5.73 Å². The molecule has 3 nitrogen and oxygen atoms in total. The van der Waals surface area contributed by atoms with Crippen molar-refractivity contribution in [2.45, 2.75) is 39.2 Å². The molecule has 0 atom stereocenters. The van der Waals surface area contributed by atoms with Crippen LogP contribution in [-0.2, 0) is 24.2 Å². The van der Waals surface area contributed by atoms with Gasteiger partial charge in [-0.3, -0.25) is 4.79 Å². The molecule has 0 bridgehead atoms. The Hall–Kier alpha value is -1.51.